The van der Waals surface area contributed by atoms with Gasteiger partial charge in [-0.1, -0.05) is 18.9 Å². The fraction of sp³-hybridized carbons (Fsp3) is 0.594. The summed E-state index contributed by atoms with van der Waals surface area (Å²) >= 11 is 0. The van der Waals surface area contributed by atoms with Gasteiger partial charge in [0.05, 0.1) is 12.2 Å². The molecule has 5 heterocycles. The first-order chi connectivity index (χ1) is 20.4. The summed E-state index contributed by atoms with van der Waals surface area (Å²) in [4.78, 5) is 44.9. The highest BCUT2D eigenvalue weighted by molar-refractivity contribution is 5.99. The number of aliphatic hydroxyl groups is 1. The van der Waals surface area contributed by atoms with E-state index in [0.29, 0.717) is 34.9 Å². The summed E-state index contributed by atoms with van der Waals surface area (Å²) in [5, 5.41) is 13.2. The highest BCUT2D eigenvalue weighted by Crippen LogP contribution is 2.33. The Bertz CT molecular complexity index is 1470. The molecule has 3 aromatic rings. The number of ketones is 1. The molecule has 0 amide bonds. The Kier molecular flexibility index (Phi) is 8.65. The van der Waals surface area contributed by atoms with E-state index in [9.17, 15) is 14.7 Å². The van der Waals surface area contributed by atoms with E-state index < -0.39 is 0 Å². The van der Waals surface area contributed by atoms with Crippen LogP contribution in [0.1, 0.15) is 91.7 Å². The number of β-amino-alcohol motifs (C(OH)–C–C–N with tert-alkyl or cyclic N) is 1. The Labute approximate surface area is 247 Å². The van der Waals surface area contributed by atoms with E-state index in [-0.39, 0.29) is 29.6 Å². The summed E-state index contributed by atoms with van der Waals surface area (Å²) in [6, 6.07) is 4.85. The van der Waals surface area contributed by atoms with Crippen molar-refractivity contribution in [3.63, 3.8) is 0 Å². The normalized spacial score (nSPS) is 20.0. The molecule has 224 valence electrons. The topological polar surface area (TPSA) is 116 Å². The molecule has 10 heteroatoms. The Hall–Kier alpha value is -3.21. The maximum atomic E-state index is 13.5. The van der Waals surface area contributed by atoms with Gasteiger partial charge in [0.1, 0.15) is 11.5 Å². The maximum Gasteiger partial charge on any atom is 0.263 e. The van der Waals surface area contributed by atoms with Crippen molar-refractivity contribution in [2.24, 2.45) is 0 Å². The van der Waals surface area contributed by atoms with Crippen molar-refractivity contribution in [1.82, 2.24) is 29.3 Å². The van der Waals surface area contributed by atoms with Gasteiger partial charge < -0.3 is 20.2 Å². The van der Waals surface area contributed by atoms with E-state index in [0.717, 1.165) is 76.6 Å². The van der Waals surface area contributed by atoms with Gasteiger partial charge in [0, 0.05) is 36.4 Å². The lowest BCUT2D eigenvalue weighted by molar-refractivity contribution is 0.0793. The molecule has 10 nitrogen and oxygen atoms in total. The van der Waals surface area contributed by atoms with Gasteiger partial charge in [-0.3, -0.25) is 14.2 Å². The van der Waals surface area contributed by atoms with Gasteiger partial charge in [0.2, 0.25) is 5.95 Å². The molecule has 1 saturated carbocycles. The van der Waals surface area contributed by atoms with Gasteiger partial charge in [-0.2, -0.15) is 4.98 Å². The molecule has 42 heavy (non-hydrogen) atoms. The lowest BCUT2D eigenvalue weighted by Gasteiger charge is -2.41. The molecule has 0 spiro atoms. The van der Waals surface area contributed by atoms with Crippen LogP contribution < -0.4 is 10.9 Å². The van der Waals surface area contributed by atoms with Crippen LogP contribution >= 0.6 is 0 Å². The van der Waals surface area contributed by atoms with Crippen LogP contribution in [0.15, 0.2) is 29.3 Å². The van der Waals surface area contributed by atoms with Crippen LogP contribution in [0, 0.1) is 6.92 Å². The minimum absolute atomic E-state index is 0.0457. The van der Waals surface area contributed by atoms with Crippen LogP contribution in [0.4, 0.5) is 11.8 Å². The number of fused-ring (bicyclic) bond motifs is 1. The second kappa shape index (κ2) is 12.6. The monoisotopic (exact) mass is 573 g/mol. The first-order valence-electron chi connectivity index (χ1n) is 15.7. The minimum atomic E-state index is -0.246. The Balaban J connectivity index is 1.14. The number of aliphatic hydroxyl groups excluding tert-OH is 1. The number of hydrogen-bond acceptors (Lipinski definition) is 9. The van der Waals surface area contributed by atoms with Crippen molar-refractivity contribution < 1.29 is 9.90 Å². The molecule has 2 N–H and O–H groups in total. The van der Waals surface area contributed by atoms with Crippen molar-refractivity contribution >= 4 is 28.6 Å². The van der Waals surface area contributed by atoms with Gasteiger partial charge in [-0.15, -0.1) is 0 Å². The zero-order valence-corrected chi connectivity index (χ0v) is 24.9. The van der Waals surface area contributed by atoms with Crippen molar-refractivity contribution in [3.8, 4) is 0 Å². The number of anilines is 2. The maximum absolute atomic E-state index is 13.5. The number of aryl methyl sites for hydroxylation is 1. The van der Waals surface area contributed by atoms with E-state index in [1.54, 1.807) is 10.8 Å². The molecule has 2 aliphatic heterocycles. The summed E-state index contributed by atoms with van der Waals surface area (Å²) in [7, 11) is 0. The predicted molar refractivity (Wildman–Crippen MR) is 164 cm³/mol. The summed E-state index contributed by atoms with van der Waals surface area (Å²) in [6.07, 6.45) is 12.3. The van der Waals surface area contributed by atoms with E-state index in [2.05, 4.69) is 26.2 Å². The average molecular weight is 574 g/mol. The fourth-order valence-electron chi connectivity index (χ4n) is 7.39. The number of carbonyl (C=O) groups excluding carboxylic acids is 1. The fourth-order valence-corrected chi connectivity index (χ4v) is 7.39. The molecule has 3 aliphatic rings. The van der Waals surface area contributed by atoms with Gasteiger partial charge >= 0.3 is 0 Å². The molecule has 1 aliphatic carbocycles. The molecule has 3 aromatic heterocycles. The molecule has 0 bridgehead atoms. The van der Waals surface area contributed by atoms with Crippen molar-refractivity contribution in [1.29, 1.82) is 0 Å². The summed E-state index contributed by atoms with van der Waals surface area (Å²) in [6.45, 7) is 8.71. The molecule has 0 atom stereocenters. The van der Waals surface area contributed by atoms with Crippen LogP contribution in [0.2, 0.25) is 0 Å². The molecule has 2 saturated heterocycles. The van der Waals surface area contributed by atoms with E-state index in [4.69, 9.17) is 9.97 Å². The molecule has 3 fully saturated rings. The van der Waals surface area contributed by atoms with Crippen LogP contribution in [0.25, 0.3) is 11.0 Å². The quantitative estimate of drug-likeness (QED) is 0.383. The summed E-state index contributed by atoms with van der Waals surface area (Å²) < 4.78 is 1.74. The van der Waals surface area contributed by atoms with Crippen LogP contribution in [0.5, 0.6) is 0 Å². The number of Topliss-reactive ketones (excluding diaryl/α,β-unsaturated/α-hetero) is 1. The third-order valence-electron chi connectivity index (χ3n) is 9.77. The number of nitrogens with zero attached hydrogens (tertiary/aromatic N) is 6. The van der Waals surface area contributed by atoms with Gasteiger partial charge in [0.25, 0.3) is 5.56 Å². The average Bonchev–Trinajstić information content (AvgIpc) is 3.53. The third-order valence-corrected chi connectivity index (χ3v) is 9.77. The highest BCUT2D eigenvalue weighted by atomic mass is 16.3. The minimum Gasteiger partial charge on any atom is -0.395 e. The second-order valence-electron chi connectivity index (χ2n) is 12.3. The van der Waals surface area contributed by atoms with E-state index in [1.807, 2.05) is 19.2 Å². The largest absolute Gasteiger partial charge is 0.395 e. The first kappa shape index (κ1) is 28.9. The second-order valence-corrected chi connectivity index (χ2v) is 12.3. The number of pyridine rings is 2. The van der Waals surface area contributed by atoms with Crippen molar-refractivity contribution in [2.75, 3.05) is 44.6 Å². The van der Waals surface area contributed by atoms with Crippen LogP contribution in [-0.4, -0.2) is 85.6 Å². The molecule has 0 aromatic carbocycles. The van der Waals surface area contributed by atoms with Crippen LogP contribution in [-0.2, 0) is 0 Å². The first-order valence-corrected chi connectivity index (χ1v) is 15.7. The number of hydrogen-bond donors (Lipinski definition) is 2. The van der Waals surface area contributed by atoms with Crippen LogP contribution in [0.3, 0.4) is 0 Å². The van der Waals surface area contributed by atoms with Crippen molar-refractivity contribution in [2.45, 2.75) is 83.2 Å². The Morgan fingerprint density at radius 2 is 1.71 bits per heavy atom. The predicted octanol–water partition coefficient (Wildman–Crippen LogP) is 4.19. The molecule has 0 unspecified atom stereocenters. The van der Waals surface area contributed by atoms with E-state index >= 15 is 0 Å². The Morgan fingerprint density at radius 1 is 0.976 bits per heavy atom. The number of rotatable bonds is 8. The number of carbonyl (C=O) groups is 1. The zero-order chi connectivity index (χ0) is 29.2. The molecular formula is C32H43N7O3. The molecule has 6 rings (SSSR count). The van der Waals surface area contributed by atoms with Crippen molar-refractivity contribution in [3.05, 3.63) is 51.6 Å². The highest BCUT2D eigenvalue weighted by Gasteiger charge is 2.29. The third kappa shape index (κ3) is 5.85. The lowest BCUT2D eigenvalue weighted by atomic mass is 9.89. The smallest absolute Gasteiger partial charge is 0.263 e. The molecule has 0 radical (unpaired) electrons. The number of likely N-dealkylation sites (tertiary alicyclic amines) is 2. The van der Waals surface area contributed by atoms with Gasteiger partial charge in [0.15, 0.2) is 5.78 Å². The molecular weight excluding hydrogens is 530 g/mol. The number of nitrogens with one attached hydrogen (secondary N) is 1. The number of aromatic nitrogens is 4. The van der Waals surface area contributed by atoms with E-state index in [1.165, 1.54) is 25.3 Å². The SMILES string of the molecule is CC(=O)c1c(C)c2cnc(Nc3ccc(C4CCN(C5CCN(CCO)CC5)CC4)cn3)nc2n(C2CCCC2)c1=O. The number of piperidine rings is 2. The zero-order valence-electron chi connectivity index (χ0n) is 24.9. The lowest BCUT2D eigenvalue weighted by Crippen LogP contribution is -2.47. The summed E-state index contributed by atoms with van der Waals surface area (Å²) in [5.41, 5.74) is 2.48. The standard InChI is InChI=1S/C32H43N7O3/c1-21-27-20-34-32(36-30(27)39(26-5-3-4-6-26)31(42)29(21)22(2)41)35-28-8-7-24(19-33-28)23-9-15-38(16-10-23)25-11-13-37(14-12-25)17-18-40/h7-8,19-20,23,25-26,40H,3-6,9-18H2,1-2H3,(H,33,34,35,36). The van der Waals surface area contributed by atoms with Gasteiger partial charge in [-0.25, -0.2) is 9.97 Å². The summed E-state index contributed by atoms with van der Waals surface area (Å²) in [5.74, 6) is 1.34. The Morgan fingerprint density at radius 3 is 2.36 bits per heavy atom. The van der Waals surface area contributed by atoms with Gasteiger partial charge in [-0.05, 0) is 102 Å².